The lowest BCUT2D eigenvalue weighted by Gasteiger charge is -2.04. The molecule has 0 saturated carbocycles. The number of ether oxygens (including phenoxy) is 1. The molecule has 0 aliphatic carbocycles. The number of fused-ring (bicyclic) bond motifs is 1. The maximum Gasteiger partial charge on any atom is 0.352 e. The second-order valence-electron chi connectivity index (χ2n) is 3.41. The minimum atomic E-state index is -0.978. The first-order valence-electron chi connectivity index (χ1n) is 4.61. The monoisotopic (exact) mass is 239 g/mol. The van der Waals surface area contributed by atoms with Gasteiger partial charge in [-0.05, 0) is 18.2 Å². The Bertz CT molecular complexity index is 574. The third kappa shape index (κ3) is 1.42. The second-order valence-corrected chi connectivity index (χ2v) is 3.79. The molecule has 0 radical (unpaired) electrons. The van der Waals surface area contributed by atoms with Gasteiger partial charge in [0.05, 0.1) is 17.6 Å². The zero-order chi connectivity index (χ0) is 11.9. The van der Waals surface area contributed by atoms with Crippen LogP contribution in [0.1, 0.15) is 10.5 Å². The Morgan fingerprint density at radius 3 is 2.75 bits per heavy atom. The summed E-state index contributed by atoms with van der Waals surface area (Å²) in [5.41, 5.74) is 0.966. The lowest BCUT2D eigenvalue weighted by atomic mass is 10.2. The number of halogens is 1. The fourth-order valence-electron chi connectivity index (χ4n) is 1.72. The molecule has 1 aromatic carbocycles. The Kier molecular flexibility index (Phi) is 2.52. The predicted octanol–water partition coefficient (Wildman–Crippen LogP) is 2.54. The number of carboxylic acids is 1. The van der Waals surface area contributed by atoms with Gasteiger partial charge in [-0.2, -0.15) is 0 Å². The molecule has 0 aliphatic rings. The van der Waals surface area contributed by atoms with E-state index in [9.17, 15) is 4.79 Å². The normalized spacial score (nSPS) is 10.7. The van der Waals surface area contributed by atoms with Crippen molar-refractivity contribution in [3.8, 4) is 5.75 Å². The number of hydrogen-bond donors (Lipinski definition) is 1. The largest absolute Gasteiger partial charge is 0.495 e. The van der Waals surface area contributed by atoms with Gasteiger partial charge in [0.25, 0.3) is 0 Å². The summed E-state index contributed by atoms with van der Waals surface area (Å²) >= 11 is 6.10. The summed E-state index contributed by atoms with van der Waals surface area (Å²) in [7, 11) is 3.21. The van der Waals surface area contributed by atoms with Crippen LogP contribution in [0.2, 0.25) is 5.02 Å². The molecule has 0 fully saturated rings. The molecule has 1 heterocycles. The van der Waals surface area contributed by atoms with E-state index in [0.717, 1.165) is 5.52 Å². The molecular weight excluding hydrogens is 230 g/mol. The Hall–Kier alpha value is -1.68. The van der Waals surface area contributed by atoms with E-state index in [1.165, 1.54) is 7.11 Å². The van der Waals surface area contributed by atoms with E-state index in [2.05, 4.69) is 0 Å². The van der Waals surface area contributed by atoms with Crippen molar-refractivity contribution in [2.24, 2.45) is 7.05 Å². The van der Waals surface area contributed by atoms with Crippen molar-refractivity contribution in [3.05, 3.63) is 28.9 Å². The Labute approximate surface area is 97.0 Å². The third-order valence-corrected chi connectivity index (χ3v) is 2.95. The summed E-state index contributed by atoms with van der Waals surface area (Å²) in [4.78, 5) is 11.0. The molecule has 0 saturated heterocycles. The predicted molar refractivity (Wildman–Crippen MR) is 61.4 cm³/mol. The van der Waals surface area contributed by atoms with Crippen molar-refractivity contribution in [1.82, 2.24) is 4.57 Å². The van der Waals surface area contributed by atoms with Crippen molar-refractivity contribution in [1.29, 1.82) is 0 Å². The Morgan fingerprint density at radius 2 is 2.19 bits per heavy atom. The first kappa shape index (κ1) is 10.8. The highest BCUT2D eigenvalue weighted by Gasteiger charge is 2.15. The molecule has 1 N–H and O–H groups in total. The van der Waals surface area contributed by atoms with Crippen LogP contribution in [-0.4, -0.2) is 22.8 Å². The van der Waals surface area contributed by atoms with E-state index in [4.69, 9.17) is 21.4 Å². The molecule has 0 atom stereocenters. The first-order valence-corrected chi connectivity index (χ1v) is 4.99. The zero-order valence-corrected chi connectivity index (χ0v) is 9.58. The van der Waals surface area contributed by atoms with Crippen LogP contribution < -0.4 is 4.74 Å². The summed E-state index contributed by atoms with van der Waals surface area (Å²) < 4.78 is 6.66. The molecule has 2 aromatic rings. The number of aryl methyl sites for hydroxylation is 1. The van der Waals surface area contributed by atoms with Gasteiger partial charge in [0.15, 0.2) is 0 Å². The summed E-state index contributed by atoms with van der Waals surface area (Å²) in [6.07, 6.45) is 0. The molecule has 1 aromatic heterocycles. The molecule has 16 heavy (non-hydrogen) atoms. The number of aromatic nitrogens is 1. The van der Waals surface area contributed by atoms with Gasteiger partial charge in [-0.15, -0.1) is 0 Å². The fourth-order valence-corrected chi connectivity index (χ4v) is 2.01. The van der Waals surface area contributed by atoms with Gasteiger partial charge in [-0.1, -0.05) is 11.6 Å². The van der Waals surface area contributed by atoms with Gasteiger partial charge in [0, 0.05) is 12.4 Å². The van der Waals surface area contributed by atoms with Gasteiger partial charge in [-0.25, -0.2) is 4.79 Å². The smallest absolute Gasteiger partial charge is 0.352 e. The van der Waals surface area contributed by atoms with E-state index in [1.54, 1.807) is 29.8 Å². The van der Waals surface area contributed by atoms with Gasteiger partial charge in [-0.3, -0.25) is 0 Å². The maximum atomic E-state index is 11.0. The average Bonchev–Trinajstić information content (AvgIpc) is 2.58. The molecule has 0 aliphatic heterocycles. The standard InChI is InChI=1S/C11H10ClNO3/c1-13-7-3-4-9(16-2)10(12)6(7)5-8(13)11(14)15/h3-5H,1-2H3,(H,14,15). The summed E-state index contributed by atoms with van der Waals surface area (Å²) in [6.45, 7) is 0. The number of aromatic carboxylic acids is 1. The quantitative estimate of drug-likeness (QED) is 0.876. The van der Waals surface area contributed by atoms with Crippen LogP contribution in [0.4, 0.5) is 0 Å². The molecule has 2 rings (SSSR count). The molecule has 84 valence electrons. The van der Waals surface area contributed by atoms with Crippen LogP contribution in [0, 0.1) is 0 Å². The maximum absolute atomic E-state index is 11.0. The lowest BCUT2D eigenvalue weighted by molar-refractivity contribution is 0.0687. The SMILES string of the molecule is COc1ccc2c(cc(C(=O)O)n2C)c1Cl. The Balaban J connectivity index is 2.81. The summed E-state index contributed by atoms with van der Waals surface area (Å²) in [6, 6.07) is 5.05. The number of carboxylic acid groups (broad SMARTS) is 1. The van der Waals surface area contributed by atoms with Gasteiger partial charge in [0.1, 0.15) is 11.4 Å². The van der Waals surface area contributed by atoms with Crippen molar-refractivity contribution in [2.45, 2.75) is 0 Å². The summed E-state index contributed by atoms with van der Waals surface area (Å²) in [5, 5.41) is 10.1. The number of benzene rings is 1. The van der Waals surface area contributed by atoms with E-state index in [1.807, 2.05) is 0 Å². The highest BCUT2D eigenvalue weighted by Crippen LogP contribution is 2.34. The van der Waals surface area contributed by atoms with Crippen LogP contribution >= 0.6 is 11.6 Å². The van der Waals surface area contributed by atoms with Gasteiger partial charge in [0.2, 0.25) is 0 Å². The number of methoxy groups -OCH3 is 1. The van der Waals surface area contributed by atoms with Gasteiger partial charge < -0.3 is 14.4 Å². The molecule has 0 amide bonds. The van der Waals surface area contributed by atoms with E-state index >= 15 is 0 Å². The molecule has 0 bridgehead atoms. The number of carbonyl (C=O) groups is 1. The van der Waals surface area contributed by atoms with E-state index in [-0.39, 0.29) is 5.69 Å². The highest BCUT2D eigenvalue weighted by molar-refractivity contribution is 6.37. The number of rotatable bonds is 2. The highest BCUT2D eigenvalue weighted by atomic mass is 35.5. The van der Waals surface area contributed by atoms with Crippen LogP contribution in [0.3, 0.4) is 0 Å². The number of nitrogens with zero attached hydrogens (tertiary/aromatic N) is 1. The minimum Gasteiger partial charge on any atom is -0.495 e. The molecule has 0 spiro atoms. The van der Waals surface area contributed by atoms with Crippen molar-refractivity contribution in [2.75, 3.05) is 7.11 Å². The molecule has 5 heteroatoms. The van der Waals surface area contributed by atoms with Crippen LogP contribution in [0.15, 0.2) is 18.2 Å². The lowest BCUT2D eigenvalue weighted by Crippen LogP contribution is -2.03. The van der Waals surface area contributed by atoms with Crippen molar-refractivity contribution < 1.29 is 14.6 Å². The van der Waals surface area contributed by atoms with E-state index < -0.39 is 5.97 Å². The van der Waals surface area contributed by atoms with Crippen LogP contribution in [0.5, 0.6) is 5.75 Å². The van der Waals surface area contributed by atoms with Crippen molar-refractivity contribution in [3.63, 3.8) is 0 Å². The summed E-state index contributed by atoms with van der Waals surface area (Å²) in [5.74, 6) is -0.439. The molecular formula is C11H10ClNO3. The van der Waals surface area contributed by atoms with Gasteiger partial charge >= 0.3 is 5.97 Å². The van der Waals surface area contributed by atoms with E-state index in [0.29, 0.717) is 16.2 Å². The van der Waals surface area contributed by atoms with Crippen LogP contribution in [0.25, 0.3) is 10.9 Å². The van der Waals surface area contributed by atoms with Crippen LogP contribution in [-0.2, 0) is 7.05 Å². The minimum absolute atomic E-state index is 0.199. The fraction of sp³-hybridized carbons (Fsp3) is 0.182. The number of hydrogen-bond acceptors (Lipinski definition) is 2. The first-order chi connectivity index (χ1) is 7.56. The Morgan fingerprint density at radius 1 is 1.50 bits per heavy atom. The zero-order valence-electron chi connectivity index (χ0n) is 8.82. The molecule has 4 nitrogen and oxygen atoms in total. The topological polar surface area (TPSA) is 51.5 Å². The second kappa shape index (κ2) is 3.72. The average molecular weight is 240 g/mol. The third-order valence-electron chi connectivity index (χ3n) is 2.56. The van der Waals surface area contributed by atoms with Crippen molar-refractivity contribution >= 4 is 28.5 Å². The molecule has 0 unspecified atom stereocenters.